The average Bonchev–Trinajstić information content (AvgIpc) is 2.91. The molecule has 0 unspecified atom stereocenters. The Labute approximate surface area is 156 Å². The Bertz CT molecular complexity index is 848. The maximum atomic E-state index is 12.7. The van der Waals surface area contributed by atoms with Crippen molar-refractivity contribution in [2.45, 2.75) is 65.3 Å². The zero-order valence-electron chi connectivity index (χ0n) is 16.5. The zero-order valence-corrected chi connectivity index (χ0v) is 16.5. The highest BCUT2D eigenvalue weighted by atomic mass is 16.7. The van der Waals surface area contributed by atoms with E-state index in [1.165, 1.54) is 4.57 Å². The molecule has 0 atom stereocenters. The molecular weight excluding hydrogens is 328 g/mol. The summed E-state index contributed by atoms with van der Waals surface area (Å²) in [6.07, 6.45) is 1.27. The van der Waals surface area contributed by atoms with Gasteiger partial charge in [-0.2, -0.15) is 0 Å². The number of benzene rings is 1. The lowest BCUT2D eigenvalue weighted by Gasteiger charge is -2.32. The van der Waals surface area contributed by atoms with Crippen LogP contribution in [0.1, 0.15) is 48.5 Å². The highest BCUT2D eigenvalue weighted by Crippen LogP contribution is 2.37. The second kappa shape index (κ2) is 5.89. The second-order valence-electron chi connectivity index (χ2n) is 8.80. The molecule has 1 aromatic heterocycles. The van der Waals surface area contributed by atoms with Gasteiger partial charge in [0.25, 0.3) is 0 Å². The molecule has 1 saturated heterocycles. The molecule has 0 spiro atoms. The van der Waals surface area contributed by atoms with Crippen LogP contribution in [0.5, 0.6) is 0 Å². The normalized spacial score (nSPS) is 19.1. The average molecular weight is 353 g/mol. The van der Waals surface area contributed by atoms with Crippen LogP contribution >= 0.6 is 0 Å². The summed E-state index contributed by atoms with van der Waals surface area (Å²) in [5.41, 5.74) is 0.537. The molecule has 5 nitrogen and oxygen atoms in total. The fourth-order valence-electron chi connectivity index (χ4n) is 2.89. The summed E-state index contributed by atoms with van der Waals surface area (Å²) in [5, 5.41) is 0.814. The third kappa shape index (κ3) is 3.30. The summed E-state index contributed by atoms with van der Waals surface area (Å²) in [6.45, 7) is 13.5. The summed E-state index contributed by atoms with van der Waals surface area (Å²) >= 11 is 0. The Hall–Kier alpha value is -1.72. The van der Waals surface area contributed by atoms with Gasteiger partial charge in [-0.15, -0.1) is 0 Å². The third-order valence-corrected chi connectivity index (χ3v) is 4.96. The predicted octanol–water partition coefficient (Wildman–Crippen LogP) is 2.52. The van der Waals surface area contributed by atoms with Crippen molar-refractivity contribution < 1.29 is 18.8 Å². The number of nitrogens with zero attached hydrogens (tertiary/aromatic N) is 1. The van der Waals surface area contributed by atoms with E-state index < -0.39 is 30.0 Å². The first-order valence-electron chi connectivity index (χ1n) is 8.80. The van der Waals surface area contributed by atoms with Crippen LogP contribution in [0.25, 0.3) is 10.9 Å². The lowest BCUT2D eigenvalue weighted by molar-refractivity contribution is 0.00578. The molecule has 2 aromatic rings. The molecule has 2 heterocycles. The fraction of sp³-hybridized carbons (Fsp3) is 0.526. The van der Waals surface area contributed by atoms with Gasteiger partial charge in [0, 0.05) is 11.7 Å². The van der Waals surface area contributed by atoms with Crippen LogP contribution in [-0.4, -0.2) is 42.4 Å². The molecule has 2 radical (unpaired) electrons. The minimum Gasteiger partial charge on any atom is -0.443 e. The molecule has 1 aromatic carbocycles. The maximum absolute atomic E-state index is 12.7. The van der Waals surface area contributed by atoms with E-state index in [0.29, 0.717) is 11.0 Å². The van der Waals surface area contributed by atoms with Crippen LogP contribution in [0, 0.1) is 0 Å². The van der Waals surface area contributed by atoms with Crippen molar-refractivity contribution in [2.24, 2.45) is 0 Å². The number of rotatable bonds is 1. The molecule has 26 heavy (non-hydrogen) atoms. The van der Waals surface area contributed by atoms with Crippen molar-refractivity contribution >= 4 is 42.9 Å². The monoisotopic (exact) mass is 353 g/mol. The van der Waals surface area contributed by atoms with Gasteiger partial charge in [-0.3, -0.25) is 4.57 Å². The van der Waals surface area contributed by atoms with Crippen LogP contribution in [0.4, 0.5) is 4.79 Å². The topological polar surface area (TPSA) is 49.7 Å². The molecule has 0 amide bonds. The molecule has 0 N–H and O–H groups in total. The molecule has 0 aliphatic carbocycles. The summed E-state index contributed by atoms with van der Waals surface area (Å²) in [5.74, 6) is 0. The lowest BCUT2D eigenvalue weighted by Crippen LogP contribution is -2.41. The Kier molecular flexibility index (Phi) is 4.32. The number of ether oxygens (including phenoxy) is 1. The van der Waals surface area contributed by atoms with E-state index in [-0.39, 0.29) is 0 Å². The van der Waals surface area contributed by atoms with Crippen LogP contribution in [0.3, 0.4) is 0 Å². The molecule has 1 aliphatic rings. The van der Waals surface area contributed by atoms with E-state index in [9.17, 15) is 4.79 Å². The zero-order chi connectivity index (χ0) is 19.5. The van der Waals surface area contributed by atoms with Crippen molar-refractivity contribution in [3.05, 3.63) is 24.4 Å². The van der Waals surface area contributed by atoms with Crippen molar-refractivity contribution in [3.63, 3.8) is 0 Å². The first-order chi connectivity index (χ1) is 11.8. The number of hydrogen-bond acceptors (Lipinski definition) is 4. The highest BCUT2D eigenvalue weighted by molar-refractivity contribution is 6.65. The van der Waals surface area contributed by atoms with Crippen LogP contribution < -0.4 is 10.9 Å². The van der Waals surface area contributed by atoms with Crippen LogP contribution in [0.15, 0.2) is 24.4 Å². The van der Waals surface area contributed by atoms with E-state index in [1.54, 1.807) is 12.3 Å². The van der Waals surface area contributed by atoms with E-state index in [0.717, 1.165) is 10.8 Å². The van der Waals surface area contributed by atoms with Gasteiger partial charge in [0.05, 0.1) is 16.7 Å². The third-order valence-electron chi connectivity index (χ3n) is 4.96. The molecule has 3 rings (SSSR count). The summed E-state index contributed by atoms with van der Waals surface area (Å²) in [6, 6.07) is 5.40. The lowest BCUT2D eigenvalue weighted by atomic mass is 9.78. The minimum absolute atomic E-state index is 0.449. The smallest absolute Gasteiger partial charge is 0.443 e. The van der Waals surface area contributed by atoms with Gasteiger partial charge in [-0.25, -0.2) is 4.79 Å². The van der Waals surface area contributed by atoms with Crippen LogP contribution in [-0.2, 0) is 14.0 Å². The largest absolute Gasteiger partial charge is 0.497 e. The highest BCUT2D eigenvalue weighted by Gasteiger charge is 2.52. The Morgan fingerprint density at radius 3 is 2.27 bits per heavy atom. The molecule has 0 saturated carbocycles. The molecule has 1 fully saturated rings. The van der Waals surface area contributed by atoms with Crippen molar-refractivity contribution in [1.29, 1.82) is 0 Å². The maximum Gasteiger partial charge on any atom is 0.497 e. The Morgan fingerprint density at radius 2 is 1.73 bits per heavy atom. The van der Waals surface area contributed by atoms with Gasteiger partial charge >= 0.3 is 13.2 Å². The van der Waals surface area contributed by atoms with Gasteiger partial charge in [0.15, 0.2) is 0 Å². The van der Waals surface area contributed by atoms with E-state index in [2.05, 4.69) is 0 Å². The number of fused-ring (bicyclic) bond motifs is 1. The van der Waals surface area contributed by atoms with Crippen molar-refractivity contribution in [2.75, 3.05) is 0 Å². The second-order valence-corrected chi connectivity index (χ2v) is 8.80. The van der Waals surface area contributed by atoms with Gasteiger partial charge < -0.3 is 14.0 Å². The predicted molar refractivity (Wildman–Crippen MR) is 105 cm³/mol. The van der Waals surface area contributed by atoms with E-state index in [4.69, 9.17) is 21.9 Å². The summed E-state index contributed by atoms with van der Waals surface area (Å²) in [4.78, 5) is 12.7. The van der Waals surface area contributed by atoms with E-state index in [1.807, 2.05) is 60.6 Å². The molecule has 1 aliphatic heterocycles. The van der Waals surface area contributed by atoms with Crippen molar-refractivity contribution in [3.8, 4) is 0 Å². The van der Waals surface area contributed by atoms with Gasteiger partial charge in [-0.05, 0) is 59.9 Å². The summed E-state index contributed by atoms with van der Waals surface area (Å²) in [7, 11) is 5.39. The SMILES string of the molecule is [B]c1ccc2c(c1)c(B1OC(C)(C)C(C)(C)O1)cn2C(=O)OC(C)(C)C. The number of aromatic nitrogens is 1. The molecule has 136 valence electrons. The molecule has 7 heteroatoms. The van der Waals surface area contributed by atoms with Crippen molar-refractivity contribution in [1.82, 2.24) is 4.57 Å². The molecule has 0 bridgehead atoms. The first-order valence-corrected chi connectivity index (χ1v) is 8.80. The number of carbonyl (C=O) groups is 1. The Morgan fingerprint density at radius 1 is 1.15 bits per heavy atom. The number of hydrogen-bond donors (Lipinski definition) is 0. The minimum atomic E-state index is -0.591. The van der Waals surface area contributed by atoms with Gasteiger partial charge in [0.2, 0.25) is 0 Å². The van der Waals surface area contributed by atoms with Gasteiger partial charge in [-0.1, -0.05) is 17.6 Å². The Balaban J connectivity index is 2.10. The fourth-order valence-corrected chi connectivity index (χ4v) is 2.89. The standard InChI is InChI=1S/C19H25B2NO4/c1-17(2,3)24-16(23)22-11-14(13-10-12(20)8-9-15(13)22)21-25-18(4,5)19(6,7)26-21/h8-11H,1-7H3. The van der Waals surface area contributed by atoms with Gasteiger partial charge in [0.1, 0.15) is 13.4 Å². The number of carbonyl (C=O) groups excluding carboxylic acids is 1. The molecular formula is C19H25B2NO4. The quantitative estimate of drug-likeness (QED) is 0.740. The first kappa shape index (κ1) is 19.1. The summed E-state index contributed by atoms with van der Waals surface area (Å²) < 4.78 is 19.3. The van der Waals surface area contributed by atoms with Crippen LogP contribution in [0.2, 0.25) is 0 Å². The van der Waals surface area contributed by atoms with E-state index >= 15 is 0 Å².